The van der Waals surface area contributed by atoms with Gasteiger partial charge in [-0.3, -0.25) is 10.1 Å². The van der Waals surface area contributed by atoms with Crippen molar-refractivity contribution in [3.63, 3.8) is 0 Å². The van der Waals surface area contributed by atoms with Gasteiger partial charge in [0.15, 0.2) is 18.1 Å². The molecular formula is C33H29N3O7. The number of carbonyl (C=O) groups is 3. The molecular weight excluding hydrogens is 550 g/mol. The molecule has 0 saturated carbocycles. The predicted octanol–water partition coefficient (Wildman–Crippen LogP) is 5.40. The van der Waals surface area contributed by atoms with E-state index in [1.54, 1.807) is 25.3 Å². The summed E-state index contributed by atoms with van der Waals surface area (Å²) in [6.07, 6.45) is 4.11. The van der Waals surface area contributed by atoms with Gasteiger partial charge in [0.05, 0.1) is 37.1 Å². The molecule has 0 atom stereocenters. The van der Waals surface area contributed by atoms with Crippen LogP contribution in [0.4, 0.5) is 10.5 Å². The molecule has 43 heavy (non-hydrogen) atoms. The normalized spacial score (nSPS) is 14.5. The molecule has 0 saturated heterocycles. The fraction of sp³-hybridized carbons (Fsp3) is 0.212. The van der Waals surface area contributed by atoms with Crippen LogP contribution in [0.25, 0.3) is 22.6 Å². The van der Waals surface area contributed by atoms with Crippen molar-refractivity contribution in [2.45, 2.75) is 19.3 Å². The van der Waals surface area contributed by atoms with Crippen molar-refractivity contribution in [2.75, 3.05) is 32.2 Å². The summed E-state index contributed by atoms with van der Waals surface area (Å²) in [6, 6.07) is 19.2. The zero-order valence-electron chi connectivity index (χ0n) is 23.5. The van der Waals surface area contributed by atoms with Crippen LogP contribution in [0.3, 0.4) is 0 Å². The van der Waals surface area contributed by atoms with Gasteiger partial charge in [-0.05, 0) is 65.9 Å². The Balaban J connectivity index is 1.15. The van der Waals surface area contributed by atoms with Crippen molar-refractivity contribution in [1.82, 2.24) is 10.3 Å². The number of nitrogens with one attached hydrogen (secondary N) is 2. The molecule has 4 aromatic rings. The molecule has 0 radical (unpaired) electrons. The third-order valence-electron chi connectivity index (χ3n) is 7.20. The van der Waals surface area contributed by atoms with Crippen LogP contribution in [-0.2, 0) is 16.0 Å². The molecule has 1 aromatic heterocycles. The maximum absolute atomic E-state index is 13.4. The summed E-state index contributed by atoms with van der Waals surface area (Å²) >= 11 is 0. The molecule has 3 aromatic carbocycles. The SMILES string of the molecule is COc1ccc(/C=C2\CCc3c2nc2ccccc2c3C(=O)OCC(=O)NC(=O)Nc2ccc3c(c2)OCCCO3)cc1. The Hall–Kier alpha value is -5.38. The highest BCUT2D eigenvalue weighted by Gasteiger charge is 2.28. The molecule has 0 bridgehead atoms. The first kappa shape index (κ1) is 27.8. The Bertz CT molecular complexity index is 1750. The maximum atomic E-state index is 13.4. The first-order valence-electron chi connectivity index (χ1n) is 13.9. The van der Waals surface area contributed by atoms with Crippen LogP contribution in [0.15, 0.2) is 66.7 Å². The van der Waals surface area contributed by atoms with E-state index in [1.807, 2.05) is 48.5 Å². The predicted molar refractivity (Wildman–Crippen MR) is 160 cm³/mol. The number of rotatable bonds is 6. The monoisotopic (exact) mass is 579 g/mol. The smallest absolute Gasteiger partial charge is 0.339 e. The lowest BCUT2D eigenvalue weighted by atomic mass is 10.0. The van der Waals surface area contributed by atoms with E-state index >= 15 is 0 Å². The molecule has 1 aliphatic heterocycles. The van der Waals surface area contributed by atoms with Crippen molar-refractivity contribution in [3.05, 3.63) is 89.1 Å². The standard InChI is InChI=1S/C33H29N3O7/c1-40-23-11-7-20(8-12-23)17-21-9-13-25-30(24-5-2-3-6-26(24)35-31(21)25)32(38)43-19-29(37)36-33(39)34-22-10-14-27-28(18-22)42-16-4-15-41-27/h2-3,5-8,10-12,14,17-18H,4,9,13,15-16,19H2,1H3,(H2,34,36,37,39)/b21-17+. The van der Waals surface area contributed by atoms with Gasteiger partial charge in [0.25, 0.3) is 5.91 Å². The minimum absolute atomic E-state index is 0.378. The highest BCUT2D eigenvalue weighted by Crippen LogP contribution is 2.38. The van der Waals surface area contributed by atoms with Gasteiger partial charge >= 0.3 is 12.0 Å². The zero-order valence-corrected chi connectivity index (χ0v) is 23.5. The minimum Gasteiger partial charge on any atom is -0.497 e. The van der Waals surface area contributed by atoms with E-state index in [0.29, 0.717) is 59.7 Å². The summed E-state index contributed by atoms with van der Waals surface area (Å²) in [5, 5.41) is 5.42. The molecule has 10 nitrogen and oxygen atoms in total. The van der Waals surface area contributed by atoms with Gasteiger partial charge < -0.3 is 24.3 Å². The molecule has 0 unspecified atom stereocenters. The Morgan fingerprint density at radius 2 is 1.74 bits per heavy atom. The number of fused-ring (bicyclic) bond motifs is 3. The number of amides is 3. The van der Waals surface area contributed by atoms with Crippen molar-refractivity contribution < 1.29 is 33.3 Å². The minimum atomic E-state index is -0.768. The quantitative estimate of drug-likeness (QED) is 0.291. The molecule has 2 aliphatic rings. The largest absolute Gasteiger partial charge is 0.497 e. The van der Waals surface area contributed by atoms with Crippen LogP contribution < -0.4 is 24.8 Å². The van der Waals surface area contributed by atoms with E-state index in [1.165, 1.54) is 0 Å². The third-order valence-corrected chi connectivity index (χ3v) is 7.20. The summed E-state index contributed by atoms with van der Waals surface area (Å²) < 4.78 is 21.9. The number of carbonyl (C=O) groups excluding carboxylic acids is 3. The Labute approximate surface area is 247 Å². The lowest BCUT2D eigenvalue weighted by molar-refractivity contribution is -0.123. The van der Waals surface area contributed by atoms with Crippen LogP contribution in [0.2, 0.25) is 0 Å². The molecule has 2 heterocycles. The van der Waals surface area contributed by atoms with E-state index in [4.69, 9.17) is 23.9 Å². The Morgan fingerprint density at radius 1 is 0.953 bits per heavy atom. The second kappa shape index (κ2) is 12.2. The first-order valence-corrected chi connectivity index (χ1v) is 13.9. The number of methoxy groups -OCH3 is 1. The van der Waals surface area contributed by atoms with Gasteiger partial charge in [-0.25, -0.2) is 14.6 Å². The van der Waals surface area contributed by atoms with Gasteiger partial charge in [0.1, 0.15) is 5.75 Å². The number of hydrogen-bond donors (Lipinski definition) is 2. The number of allylic oxidation sites excluding steroid dienone is 1. The number of imide groups is 1. The number of pyridine rings is 1. The number of urea groups is 1. The number of ether oxygens (including phenoxy) is 4. The van der Waals surface area contributed by atoms with Crippen molar-refractivity contribution in [1.29, 1.82) is 0 Å². The van der Waals surface area contributed by atoms with Crippen LogP contribution in [0.1, 0.15) is 40.0 Å². The summed E-state index contributed by atoms with van der Waals surface area (Å²) in [6.45, 7) is 0.420. The Kier molecular flexibility index (Phi) is 7.90. The van der Waals surface area contributed by atoms with Crippen LogP contribution in [0, 0.1) is 0 Å². The zero-order chi connectivity index (χ0) is 29.8. The second-order valence-electron chi connectivity index (χ2n) is 10.1. The maximum Gasteiger partial charge on any atom is 0.339 e. The first-order chi connectivity index (χ1) is 21.0. The average Bonchev–Trinajstić information content (AvgIpc) is 3.25. The summed E-state index contributed by atoms with van der Waals surface area (Å²) in [5.74, 6) is 0.442. The van der Waals surface area contributed by atoms with Gasteiger partial charge in [-0.1, -0.05) is 30.3 Å². The van der Waals surface area contributed by atoms with Gasteiger partial charge in [0.2, 0.25) is 0 Å². The van der Waals surface area contributed by atoms with E-state index in [9.17, 15) is 14.4 Å². The van der Waals surface area contributed by atoms with Crippen LogP contribution in [0.5, 0.6) is 17.2 Å². The van der Waals surface area contributed by atoms with Crippen LogP contribution >= 0.6 is 0 Å². The van der Waals surface area contributed by atoms with E-state index in [0.717, 1.165) is 34.6 Å². The van der Waals surface area contributed by atoms with Gasteiger partial charge in [-0.2, -0.15) is 0 Å². The fourth-order valence-corrected chi connectivity index (χ4v) is 5.18. The third kappa shape index (κ3) is 6.13. The number of aromatic nitrogens is 1. The highest BCUT2D eigenvalue weighted by molar-refractivity contribution is 6.08. The number of nitrogens with zero attached hydrogens (tertiary/aromatic N) is 1. The molecule has 6 rings (SSSR count). The van der Waals surface area contributed by atoms with Crippen LogP contribution in [-0.4, -0.2) is 49.8 Å². The molecule has 1 aliphatic carbocycles. The van der Waals surface area contributed by atoms with Crippen molar-refractivity contribution in [3.8, 4) is 17.2 Å². The number of hydrogen-bond acceptors (Lipinski definition) is 8. The summed E-state index contributed by atoms with van der Waals surface area (Å²) in [7, 11) is 1.62. The number of para-hydroxylation sites is 1. The van der Waals surface area contributed by atoms with Crippen molar-refractivity contribution >= 4 is 46.1 Å². The molecule has 10 heteroatoms. The number of esters is 1. The highest BCUT2D eigenvalue weighted by atomic mass is 16.5. The van der Waals surface area contributed by atoms with Gasteiger partial charge in [0, 0.05) is 23.6 Å². The molecule has 2 N–H and O–H groups in total. The molecule has 218 valence electrons. The topological polar surface area (TPSA) is 125 Å². The molecule has 0 fully saturated rings. The summed E-state index contributed by atoms with van der Waals surface area (Å²) in [5.41, 5.74) is 4.95. The van der Waals surface area contributed by atoms with Crippen molar-refractivity contribution in [2.24, 2.45) is 0 Å². The Morgan fingerprint density at radius 3 is 2.56 bits per heavy atom. The molecule has 0 spiro atoms. The van der Waals surface area contributed by atoms with E-state index in [-0.39, 0.29) is 0 Å². The number of benzene rings is 3. The van der Waals surface area contributed by atoms with E-state index in [2.05, 4.69) is 16.7 Å². The summed E-state index contributed by atoms with van der Waals surface area (Å²) in [4.78, 5) is 43.3. The lowest BCUT2D eigenvalue weighted by Crippen LogP contribution is -2.37. The van der Waals surface area contributed by atoms with Gasteiger partial charge in [-0.15, -0.1) is 0 Å². The number of anilines is 1. The molecule has 3 amide bonds. The fourth-order valence-electron chi connectivity index (χ4n) is 5.18. The average molecular weight is 580 g/mol. The van der Waals surface area contributed by atoms with E-state index < -0.39 is 24.5 Å². The lowest BCUT2D eigenvalue weighted by Gasteiger charge is -2.13. The second-order valence-corrected chi connectivity index (χ2v) is 10.1.